The number of nitrogen functional groups attached to an aromatic ring is 1. The summed E-state index contributed by atoms with van der Waals surface area (Å²) in [5, 5.41) is 11.7. The molecule has 0 radical (unpaired) electrons. The fourth-order valence-corrected chi connectivity index (χ4v) is 3.42. The molecule has 1 aromatic heterocycles. The number of anilines is 3. The Balaban J connectivity index is 1.84. The molecule has 0 aliphatic rings. The zero-order chi connectivity index (χ0) is 19.7. The van der Waals surface area contributed by atoms with Crippen LogP contribution in [-0.2, 0) is 0 Å². The summed E-state index contributed by atoms with van der Waals surface area (Å²) in [4.78, 5) is 19.2. The van der Waals surface area contributed by atoms with E-state index >= 15 is 0 Å². The van der Waals surface area contributed by atoms with Crippen LogP contribution in [0.2, 0.25) is 0 Å². The summed E-state index contributed by atoms with van der Waals surface area (Å²) in [6.07, 6.45) is 0. The minimum Gasteiger partial charge on any atom is -0.368 e. The highest BCUT2D eigenvalue weighted by Crippen LogP contribution is 2.35. The van der Waals surface area contributed by atoms with Crippen molar-refractivity contribution in [3.63, 3.8) is 0 Å². The number of nitro groups is 1. The first kappa shape index (κ1) is 17.9. The van der Waals surface area contributed by atoms with Crippen LogP contribution in [0.5, 0.6) is 0 Å². The number of nitrogens with zero attached hydrogens (tertiary/aromatic N) is 4. The average Bonchev–Trinajstić information content (AvgIpc) is 2.73. The van der Waals surface area contributed by atoms with Crippen molar-refractivity contribution in [2.24, 2.45) is 0 Å². The average molecular weight is 436 g/mol. The van der Waals surface area contributed by atoms with Gasteiger partial charge in [0, 0.05) is 17.5 Å². The number of fused-ring (bicyclic) bond motifs is 1. The highest BCUT2D eigenvalue weighted by atomic mass is 79.9. The molecule has 28 heavy (non-hydrogen) atoms. The predicted octanol–water partition coefficient (Wildman–Crippen LogP) is 5.24. The molecule has 0 unspecified atom stereocenters. The highest BCUT2D eigenvalue weighted by Gasteiger charge is 2.15. The van der Waals surface area contributed by atoms with Gasteiger partial charge in [0.25, 0.3) is 5.69 Å². The van der Waals surface area contributed by atoms with Crippen LogP contribution in [0.3, 0.4) is 0 Å². The molecule has 0 aliphatic carbocycles. The number of para-hydroxylation sites is 1. The third kappa shape index (κ3) is 3.37. The van der Waals surface area contributed by atoms with Crippen molar-refractivity contribution in [2.45, 2.75) is 0 Å². The van der Waals surface area contributed by atoms with Crippen molar-refractivity contribution in [3.05, 3.63) is 82.9 Å². The van der Waals surface area contributed by atoms with Crippen LogP contribution in [-0.4, -0.2) is 14.9 Å². The fourth-order valence-electron chi connectivity index (χ4n) is 2.92. The monoisotopic (exact) mass is 435 g/mol. The maximum absolute atomic E-state index is 10.9. The summed E-state index contributed by atoms with van der Waals surface area (Å²) in [6.45, 7) is 0. The van der Waals surface area contributed by atoms with E-state index in [9.17, 15) is 10.1 Å². The molecule has 4 aromatic rings. The Labute approximate surface area is 168 Å². The van der Waals surface area contributed by atoms with Crippen LogP contribution >= 0.6 is 16.1 Å². The third-order valence-corrected chi connectivity index (χ3v) is 5.02. The standard InChI is InChI=1S/C20H14BrN5O2/c21-25(15-4-2-1-3-5-15)19-17-12-14(8-11-18(17)23-20(22)24-19)13-6-9-16(10-7-13)26(27)28/h1-12H,(H2,22,23,24). The van der Waals surface area contributed by atoms with Gasteiger partial charge < -0.3 is 5.73 Å². The van der Waals surface area contributed by atoms with E-state index in [2.05, 4.69) is 26.1 Å². The second-order valence-corrected chi connectivity index (χ2v) is 6.77. The molecule has 3 aromatic carbocycles. The van der Waals surface area contributed by atoms with Gasteiger partial charge in [-0.3, -0.25) is 14.0 Å². The van der Waals surface area contributed by atoms with E-state index in [4.69, 9.17) is 5.73 Å². The topological polar surface area (TPSA) is 98.2 Å². The smallest absolute Gasteiger partial charge is 0.269 e. The van der Waals surface area contributed by atoms with Gasteiger partial charge in [-0.2, -0.15) is 4.98 Å². The second kappa shape index (κ2) is 7.24. The van der Waals surface area contributed by atoms with E-state index < -0.39 is 4.92 Å². The largest absolute Gasteiger partial charge is 0.368 e. The molecule has 0 saturated heterocycles. The summed E-state index contributed by atoms with van der Waals surface area (Å²) < 4.78 is 1.77. The number of hydrogen-bond donors (Lipinski definition) is 1. The molecule has 2 N–H and O–H groups in total. The van der Waals surface area contributed by atoms with Crippen LogP contribution in [0, 0.1) is 10.1 Å². The first-order valence-electron chi connectivity index (χ1n) is 8.36. The molecule has 0 spiro atoms. The van der Waals surface area contributed by atoms with Crippen molar-refractivity contribution >= 4 is 50.2 Å². The molecule has 0 saturated carbocycles. The lowest BCUT2D eigenvalue weighted by Crippen LogP contribution is -2.07. The second-order valence-electron chi connectivity index (χ2n) is 6.06. The molecule has 0 amide bonds. The fraction of sp³-hybridized carbons (Fsp3) is 0. The Morgan fingerprint density at radius 3 is 2.29 bits per heavy atom. The Bertz CT molecular complexity index is 1170. The minimum atomic E-state index is -0.415. The van der Waals surface area contributed by atoms with Gasteiger partial charge in [0.1, 0.15) is 0 Å². The Morgan fingerprint density at radius 1 is 0.929 bits per heavy atom. The SMILES string of the molecule is Nc1nc(N(Br)c2ccccc2)c2cc(-c3ccc([N+](=O)[O-])cc3)ccc2n1. The van der Waals surface area contributed by atoms with Gasteiger partial charge in [-0.25, -0.2) is 4.98 Å². The number of aromatic nitrogens is 2. The molecule has 0 atom stereocenters. The van der Waals surface area contributed by atoms with Gasteiger partial charge in [-0.05, 0) is 47.5 Å². The number of halogens is 1. The molecule has 0 aliphatic heterocycles. The Kier molecular flexibility index (Phi) is 4.62. The van der Waals surface area contributed by atoms with Gasteiger partial charge in [0.15, 0.2) is 5.82 Å². The predicted molar refractivity (Wildman–Crippen MR) is 114 cm³/mol. The van der Waals surface area contributed by atoms with E-state index in [1.165, 1.54) is 12.1 Å². The minimum absolute atomic E-state index is 0.0528. The Morgan fingerprint density at radius 2 is 1.61 bits per heavy atom. The van der Waals surface area contributed by atoms with E-state index in [1.54, 1.807) is 16.1 Å². The molecule has 4 rings (SSSR count). The molecule has 0 bridgehead atoms. The summed E-state index contributed by atoms with van der Waals surface area (Å²) in [5.74, 6) is 0.781. The zero-order valence-electron chi connectivity index (χ0n) is 14.5. The summed E-state index contributed by atoms with van der Waals surface area (Å²) in [7, 11) is 0. The summed E-state index contributed by atoms with van der Waals surface area (Å²) in [6, 6.07) is 21.8. The van der Waals surface area contributed by atoms with Crippen LogP contribution in [0.15, 0.2) is 72.8 Å². The number of benzene rings is 3. The zero-order valence-corrected chi connectivity index (χ0v) is 16.1. The van der Waals surface area contributed by atoms with Crippen molar-refractivity contribution < 1.29 is 4.92 Å². The molecule has 8 heteroatoms. The number of hydrogen-bond acceptors (Lipinski definition) is 6. The highest BCUT2D eigenvalue weighted by molar-refractivity contribution is 9.10. The number of non-ortho nitro benzene ring substituents is 1. The quantitative estimate of drug-likeness (QED) is 0.267. The first-order valence-corrected chi connectivity index (χ1v) is 9.07. The molecule has 0 fully saturated rings. The van der Waals surface area contributed by atoms with Gasteiger partial charge in [0.2, 0.25) is 5.95 Å². The van der Waals surface area contributed by atoms with E-state index in [1.807, 2.05) is 48.5 Å². The van der Waals surface area contributed by atoms with Gasteiger partial charge in [-0.15, -0.1) is 0 Å². The number of nitrogens with two attached hydrogens (primary N) is 1. The van der Waals surface area contributed by atoms with E-state index in [0.29, 0.717) is 11.3 Å². The van der Waals surface area contributed by atoms with Gasteiger partial charge >= 0.3 is 0 Å². The van der Waals surface area contributed by atoms with Crippen molar-refractivity contribution in [1.82, 2.24) is 9.97 Å². The van der Waals surface area contributed by atoms with Crippen LogP contribution in [0.4, 0.5) is 23.1 Å². The number of rotatable bonds is 4. The van der Waals surface area contributed by atoms with Crippen molar-refractivity contribution in [2.75, 3.05) is 9.66 Å². The molecule has 7 nitrogen and oxygen atoms in total. The lowest BCUT2D eigenvalue weighted by Gasteiger charge is -2.18. The van der Waals surface area contributed by atoms with Gasteiger partial charge in [-0.1, -0.05) is 24.3 Å². The van der Waals surface area contributed by atoms with Crippen LogP contribution in [0.1, 0.15) is 0 Å². The first-order chi connectivity index (χ1) is 13.5. The van der Waals surface area contributed by atoms with E-state index in [0.717, 1.165) is 22.2 Å². The van der Waals surface area contributed by atoms with Crippen molar-refractivity contribution in [3.8, 4) is 11.1 Å². The summed E-state index contributed by atoms with van der Waals surface area (Å²) in [5.41, 5.74) is 9.30. The normalized spacial score (nSPS) is 10.8. The maximum atomic E-state index is 10.9. The molecule has 138 valence electrons. The third-order valence-electron chi connectivity index (χ3n) is 4.27. The van der Waals surface area contributed by atoms with E-state index in [-0.39, 0.29) is 11.6 Å². The lowest BCUT2D eigenvalue weighted by molar-refractivity contribution is -0.384. The number of nitro benzene ring substituents is 1. The molecular weight excluding hydrogens is 422 g/mol. The lowest BCUT2D eigenvalue weighted by atomic mass is 10.0. The maximum Gasteiger partial charge on any atom is 0.269 e. The molecule has 1 heterocycles. The summed E-state index contributed by atoms with van der Waals surface area (Å²) >= 11 is 3.57. The Hall–Kier alpha value is -3.52. The van der Waals surface area contributed by atoms with Gasteiger partial charge in [0.05, 0.1) is 32.3 Å². The molecular formula is C20H14BrN5O2. The van der Waals surface area contributed by atoms with Crippen molar-refractivity contribution in [1.29, 1.82) is 0 Å². The van der Waals surface area contributed by atoms with Crippen LogP contribution in [0.25, 0.3) is 22.0 Å². The van der Waals surface area contributed by atoms with Crippen LogP contribution < -0.4 is 9.66 Å².